The van der Waals surface area contributed by atoms with E-state index in [1.165, 1.54) is 15.9 Å². The second kappa shape index (κ2) is 15.1. The van der Waals surface area contributed by atoms with Gasteiger partial charge in [-0.15, -0.1) is 0 Å². The molecule has 0 unspecified atom stereocenters. The van der Waals surface area contributed by atoms with Crippen LogP contribution in [0.2, 0.25) is 10.0 Å². The Hall–Kier alpha value is -4.96. The zero-order chi connectivity index (χ0) is 34.5. The van der Waals surface area contributed by atoms with E-state index in [0.29, 0.717) is 59.7 Å². The molecule has 0 fully saturated rings. The lowest BCUT2D eigenvalue weighted by atomic mass is 9.93. The number of hydrogen-bond acceptors (Lipinski definition) is 8. The molecule has 6 rings (SSSR count). The van der Waals surface area contributed by atoms with Crippen LogP contribution in [0.3, 0.4) is 0 Å². The van der Waals surface area contributed by atoms with Crippen LogP contribution < -0.4 is 19.6 Å². The first-order valence-corrected chi connectivity index (χ1v) is 17.1. The predicted octanol–water partition coefficient (Wildman–Crippen LogP) is 7.00. The minimum Gasteiger partial charge on any atom is -0.488 e. The van der Waals surface area contributed by atoms with E-state index in [1.807, 2.05) is 30.3 Å². The van der Waals surface area contributed by atoms with Crippen LogP contribution in [0, 0.1) is 0 Å². The fraction of sp³-hybridized carbons (Fsp3) is 0.158. The van der Waals surface area contributed by atoms with E-state index in [0.717, 1.165) is 5.56 Å². The summed E-state index contributed by atoms with van der Waals surface area (Å²) in [5, 5.41) is 0.977. The van der Waals surface area contributed by atoms with E-state index in [1.54, 1.807) is 86.7 Å². The van der Waals surface area contributed by atoms with E-state index < -0.39 is 12.0 Å². The van der Waals surface area contributed by atoms with Crippen molar-refractivity contribution in [1.29, 1.82) is 0 Å². The molecule has 11 heteroatoms. The third kappa shape index (κ3) is 7.39. The summed E-state index contributed by atoms with van der Waals surface area (Å²) < 4.78 is 18.7. The van der Waals surface area contributed by atoms with E-state index >= 15 is 0 Å². The molecule has 5 aromatic rings. The van der Waals surface area contributed by atoms with Gasteiger partial charge in [0.25, 0.3) is 5.56 Å². The average Bonchev–Trinajstić information content (AvgIpc) is 3.42. The number of esters is 2. The highest BCUT2D eigenvalue weighted by Crippen LogP contribution is 2.35. The number of carbonyl (C=O) groups excluding carboxylic acids is 2. The summed E-state index contributed by atoms with van der Waals surface area (Å²) in [5.41, 5.74) is 3.56. The zero-order valence-electron chi connectivity index (χ0n) is 26.5. The van der Waals surface area contributed by atoms with Crippen LogP contribution >= 0.6 is 34.5 Å². The third-order valence-electron chi connectivity index (χ3n) is 7.68. The van der Waals surface area contributed by atoms with Crippen molar-refractivity contribution in [2.45, 2.75) is 26.5 Å². The van der Waals surface area contributed by atoms with E-state index in [-0.39, 0.29) is 30.3 Å². The maximum Gasteiger partial charge on any atom is 0.338 e. The molecule has 1 aliphatic rings. The highest BCUT2D eigenvalue weighted by atomic mass is 35.5. The molecule has 0 N–H and O–H groups in total. The van der Waals surface area contributed by atoms with Crippen LogP contribution in [0.1, 0.15) is 52.5 Å². The molecule has 1 atom stereocenters. The Bertz CT molecular complexity index is 2230. The van der Waals surface area contributed by atoms with E-state index in [2.05, 4.69) is 0 Å². The highest BCUT2D eigenvalue weighted by Gasteiger charge is 2.35. The van der Waals surface area contributed by atoms with E-state index in [4.69, 9.17) is 42.4 Å². The topological polar surface area (TPSA) is 96.2 Å². The average molecular weight is 714 g/mol. The van der Waals surface area contributed by atoms with Gasteiger partial charge in [0.1, 0.15) is 12.4 Å². The Morgan fingerprint density at radius 3 is 2.22 bits per heavy atom. The SMILES string of the molecule is CCOC(=O)C1=C(c2ccccc2)N=c2s/c(=C\c3cc(Cl)ccc3OCc3ccc(C(=O)OCC)cc3)c(=O)n2[C@H]1c1ccc(Cl)cc1. The Morgan fingerprint density at radius 1 is 0.857 bits per heavy atom. The molecule has 248 valence electrons. The van der Waals surface area contributed by atoms with Crippen molar-refractivity contribution in [2.75, 3.05) is 13.2 Å². The number of hydrogen-bond donors (Lipinski definition) is 0. The first-order valence-electron chi connectivity index (χ1n) is 15.5. The number of benzene rings is 4. The number of nitrogens with zero attached hydrogens (tertiary/aromatic N) is 2. The summed E-state index contributed by atoms with van der Waals surface area (Å²) in [5.74, 6) is -0.462. The van der Waals surface area contributed by atoms with Crippen LogP contribution in [0.25, 0.3) is 11.8 Å². The van der Waals surface area contributed by atoms with Gasteiger partial charge in [-0.05, 0) is 73.5 Å². The van der Waals surface area contributed by atoms with Crippen LogP contribution in [-0.2, 0) is 20.9 Å². The van der Waals surface area contributed by atoms with Crippen molar-refractivity contribution < 1.29 is 23.8 Å². The molecular weight excluding hydrogens is 683 g/mol. The Labute approximate surface area is 296 Å². The molecular formula is C38H30Cl2N2O6S. The molecule has 0 saturated carbocycles. The van der Waals surface area contributed by atoms with Gasteiger partial charge in [0.05, 0.1) is 40.6 Å². The summed E-state index contributed by atoms with van der Waals surface area (Å²) in [6, 6.07) is 27.6. The molecule has 49 heavy (non-hydrogen) atoms. The molecule has 0 aliphatic carbocycles. The van der Waals surface area contributed by atoms with Crippen molar-refractivity contribution in [2.24, 2.45) is 4.99 Å². The number of thiazole rings is 1. The number of carbonyl (C=O) groups is 2. The van der Waals surface area contributed by atoms with Gasteiger partial charge in [-0.2, -0.15) is 0 Å². The van der Waals surface area contributed by atoms with Crippen molar-refractivity contribution in [3.05, 3.63) is 160 Å². The molecule has 1 aliphatic heterocycles. The van der Waals surface area contributed by atoms with Crippen molar-refractivity contribution in [3.63, 3.8) is 0 Å². The number of fused-ring (bicyclic) bond motifs is 1. The normalized spacial score (nSPS) is 14.2. The lowest BCUT2D eigenvalue weighted by molar-refractivity contribution is -0.138. The summed E-state index contributed by atoms with van der Waals surface area (Å²) in [6.07, 6.45) is 1.71. The summed E-state index contributed by atoms with van der Waals surface area (Å²) >= 11 is 13.8. The fourth-order valence-electron chi connectivity index (χ4n) is 5.42. The fourth-order valence-corrected chi connectivity index (χ4v) is 6.72. The van der Waals surface area contributed by atoms with Gasteiger partial charge in [-0.25, -0.2) is 14.6 Å². The molecule has 2 heterocycles. The molecule has 0 saturated heterocycles. The van der Waals surface area contributed by atoms with Gasteiger partial charge < -0.3 is 14.2 Å². The van der Waals surface area contributed by atoms with E-state index in [9.17, 15) is 14.4 Å². The Morgan fingerprint density at radius 2 is 1.53 bits per heavy atom. The summed E-state index contributed by atoms with van der Waals surface area (Å²) in [4.78, 5) is 45.3. The number of halogens is 2. The lowest BCUT2D eigenvalue weighted by Crippen LogP contribution is -2.40. The van der Waals surface area contributed by atoms with Crippen LogP contribution in [0.4, 0.5) is 0 Å². The van der Waals surface area contributed by atoms with Crippen molar-refractivity contribution in [3.8, 4) is 5.75 Å². The van der Waals surface area contributed by atoms with Gasteiger partial charge in [0.2, 0.25) is 0 Å². The number of ether oxygens (including phenoxy) is 3. The molecule has 1 aromatic heterocycles. The molecule has 8 nitrogen and oxygen atoms in total. The van der Waals surface area contributed by atoms with Gasteiger partial charge in [0, 0.05) is 21.2 Å². The smallest absolute Gasteiger partial charge is 0.338 e. The quantitative estimate of drug-likeness (QED) is 0.145. The van der Waals surface area contributed by atoms with Crippen molar-refractivity contribution in [1.82, 2.24) is 4.57 Å². The van der Waals surface area contributed by atoms with Gasteiger partial charge in [-0.3, -0.25) is 9.36 Å². The third-order valence-corrected chi connectivity index (χ3v) is 9.15. The molecule has 0 radical (unpaired) electrons. The van der Waals surface area contributed by atoms with Gasteiger partial charge in [0.15, 0.2) is 4.80 Å². The first-order chi connectivity index (χ1) is 23.8. The molecule has 4 aromatic carbocycles. The molecule has 0 amide bonds. The molecule has 0 bridgehead atoms. The van der Waals surface area contributed by atoms with Crippen molar-refractivity contribution >= 4 is 58.3 Å². The number of rotatable bonds is 10. The van der Waals surface area contributed by atoms with Crippen LogP contribution in [-0.4, -0.2) is 29.7 Å². The minimum atomic E-state index is -0.836. The predicted molar refractivity (Wildman–Crippen MR) is 191 cm³/mol. The summed E-state index contributed by atoms with van der Waals surface area (Å²) in [6.45, 7) is 4.13. The molecule has 0 spiro atoms. The first kappa shape index (κ1) is 33.9. The zero-order valence-corrected chi connectivity index (χ0v) is 28.9. The highest BCUT2D eigenvalue weighted by molar-refractivity contribution is 7.07. The minimum absolute atomic E-state index is 0.148. The largest absolute Gasteiger partial charge is 0.488 e. The number of aromatic nitrogens is 1. The monoisotopic (exact) mass is 712 g/mol. The second-order valence-corrected chi connectivity index (χ2v) is 12.8. The van der Waals surface area contributed by atoms with Gasteiger partial charge in [-0.1, -0.05) is 89.1 Å². The second-order valence-electron chi connectivity index (χ2n) is 10.9. The summed E-state index contributed by atoms with van der Waals surface area (Å²) in [7, 11) is 0. The van der Waals surface area contributed by atoms with Crippen LogP contribution in [0.15, 0.2) is 112 Å². The lowest BCUT2D eigenvalue weighted by Gasteiger charge is -2.25. The Kier molecular flexibility index (Phi) is 10.4. The maximum atomic E-state index is 14.3. The standard InChI is InChI=1S/C38H30Cl2N2O6S/c1-3-46-36(44)26-12-10-23(11-13-26)22-48-30-19-18-29(40)20-27(30)21-31-35(43)42-34(25-14-16-28(39)17-15-25)32(37(45)47-4-2)33(41-38(42)49-31)24-8-6-5-7-9-24/h5-21,34H,3-4,22H2,1-2H3/b31-21-/t34-/m0/s1. The van der Waals surface area contributed by atoms with Crippen LogP contribution in [0.5, 0.6) is 5.75 Å². The van der Waals surface area contributed by atoms with Gasteiger partial charge >= 0.3 is 11.9 Å². The maximum absolute atomic E-state index is 14.3. The Balaban J connectivity index is 1.45.